The predicted octanol–water partition coefficient (Wildman–Crippen LogP) is 4.11. The van der Waals surface area contributed by atoms with Gasteiger partial charge in [0.1, 0.15) is 5.75 Å². The number of methoxy groups -OCH3 is 1. The van der Waals surface area contributed by atoms with Crippen LogP contribution in [-0.4, -0.2) is 21.8 Å². The van der Waals surface area contributed by atoms with Crippen LogP contribution in [0.25, 0.3) is 11.1 Å². The Morgan fingerprint density at radius 3 is 2.58 bits per heavy atom. The van der Waals surface area contributed by atoms with E-state index < -0.39 is 0 Å². The second-order valence-electron chi connectivity index (χ2n) is 5.93. The summed E-state index contributed by atoms with van der Waals surface area (Å²) in [4.78, 5) is 12.6. The maximum atomic E-state index is 12.6. The molecule has 26 heavy (non-hydrogen) atoms. The number of H-pyrrole nitrogens is 1. The van der Waals surface area contributed by atoms with Gasteiger partial charge in [-0.05, 0) is 31.4 Å². The van der Waals surface area contributed by atoms with Crippen molar-refractivity contribution in [3.8, 4) is 16.9 Å². The lowest BCUT2D eigenvalue weighted by molar-refractivity contribution is 0.413. The number of hydrogen-bond acceptors (Lipinski definition) is 3. The average Bonchev–Trinajstić information content (AvgIpc) is 2.68. The van der Waals surface area contributed by atoms with Crippen molar-refractivity contribution in [2.45, 2.75) is 19.8 Å². The molecule has 0 atom stereocenters. The number of halogens is 1. The van der Waals surface area contributed by atoms with Crippen molar-refractivity contribution in [2.75, 3.05) is 7.11 Å². The lowest BCUT2D eigenvalue weighted by Crippen LogP contribution is -2.18. The largest absolute Gasteiger partial charge is 0.495 e. The fraction of sp³-hybridized carbons (Fsp3) is 0.190. The van der Waals surface area contributed by atoms with Gasteiger partial charge in [0.15, 0.2) is 0 Å². The Hall–Kier alpha value is -2.28. The van der Waals surface area contributed by atoms with Crippen LogP contribution in [0, 0.1) is 10.5 Å². The normalized spacial score (nSPS) is 10.7. The zero-order valence-corrected chi connectivity index (χ0v) is 17.0. The van der Waals surface area contributed by atoms with E-state index in [2.05, 4.69) is 26.8 Å². The molecule has 1 aromatic heterocycles. The van der Waals surface area contributed by atoms with Crippen molar-refractivity contribution in [1.29, 1.82) is 0 Å². The first-order valence-corrected chi connectivity index (χ1v) is 10.9. The Labute approximate surface area is 163 Å². The zero-order valence-electron chi connectivity index (χ0n) is 14.9. The molecule has 3 rings (SSSR count). The van der Waals surface area contributed by atoms with E-state index in [1.165, 1.54) is 5.56 Å². The Morgan fingerprint density at radius 1 is 1.12 bits per heavy atom. The van der Waals surface area contributed by atoms with E-state index in [0.717, 1.165) is 38.1 Å². The first kappa shape index (κ1) is 18.5. The maximum absolute atomic E-state index is 12.6. The van der Waals surface area contributed by atoms with Crippen molar-refractivity contribution in [1.82, 2.24) is 10.2 Å². The van der Waals surface area contributed by atoms with Crippen molar-refractivity contribution in [3.63, 3.8) is 0 Å². The zero-order chi connectivity index (χ0) is 18.5. The molecule has 2 aromatic carbocycles. The topological polar surface area (TPSA) is 55.0 Å². The van der Waals surface area contributed by atoms with E-state index in [1.54, 1.807) is 7.11 Å². The Balaban J connectivity index is 2.12. The minimum atomic E-state index is -0.382. The summed E-state index contributed by atoms with van der Waals surface area (Å²) in [5, 5.41) is 6.83. The van der Waals surface area contributed by atoms with Crippen molar-refractivity contribution >= 4 is 25.2 Å². The fourth-order valence-corrected chi connectivity index (χ4v) is 4.44. The number of aromatic nitrogens is 2. The molecule has 4 nitrogen and oxygen atoms in total. The molecule has 134 valence electrons. The van der Waals surface area contributed by atoms with Crippen LogP contribution in [0.3, 0.4) is 0 Å². The number of ether oxygens (including phenoxy) is 1. The predicted molar refractivity (Wildman–Crippen MR) is 115 cm³/mol. The number of rotatable bonds is 6. The Morgan fingerprint density at radius 2 is 1.88 bits per heavy atom. The number of aryl methyl sites for hydroxylation is 2. The van der Waals surface area contributed by atoms with E-state index in [1.807, 2.05) is 43.3 Å². The minimum Gasteiger partial charge on any atom is -0.495 e. The van der Waals surface area contributed by atoms with Crippen LogP contribution in [0.15, 0.2) is 53.3 Å². The van der Waals surface area contributed by atoms with Crippen molar-refractivity contribution in [3.05, 3.63) is 79.3 Å². The van der Waals surface area contributed by atoms with Gasteiger partial charge in [-0.25, -0.2) is 5.10 Å². The van der Waals surface area contributed by atoms with Gasteiger partial charge in [0.2, 0.25) is 0 Å². The highest BCUT2D eigenvalue weighted by Crippen LogP contribution is 2.37. The van der Waals surface area contributed by atoms with Gasteiger partial charge in [0.25, 0.3) is 5.56 Å². The molecule has 0 saturated carbocycles. The summed E-state index contributed by atoms with van der Waals surface area (Å²) >= 11 is -0.382. The van der Waals surface area contributed by atoms with E-state index in [9.17, 15) is 4.79 Å². The highest BCUT2D eigenvalue weighted by atomic mass is 127. The van der Waals surface area contributed by atoms with E-state index in [-0.39, 0.29) is 26.3 Å². The summed E-state index contributed by atoms with van der Waals surface area (Å²) in [5.41, 5.74) is 4.41. The molecule has 0 aliphatic rings. The van der Waals surface area contributed by atoms with Crippen molar-refractivity contribution in [2.24, 2.45) is 0 Å². The van der Waals surface area contributed by atoms with Gasteiger partial charge in [-0.2, -0.15) is 5.10 Å². The molecule has 0 radical (unpaired) electrons. The smallest absolute Gasteiger partial charge is 0.268 e. The quantitative estimate of drug-likeness (QED) is 0.564. The molecule has 0 fully saturated rings. The molecule has 1 heterocycles. The molecule has 0 aliphatic heterocycles. The number of nitrogens with zero attached hydrogens (tertiary/aromatic N) is 1. The molecule has 0 aliphatic carbocycles. The summed E-state index contributed by atoms with van der Waals surface area (Å²) in [7, 11) is 1.67. The number of para-hydroxylation sites is 1. The molecule has 0 spiro atoms. The van der Waals surface area contributed by atoms with E-state index >= 15 is 0 Å². The van der Waals surface area contributed by atoms with Gasteiger partial charge in [-0.3, -0.25) is 4.79 Å². The van der Waals surface area contributed by atoms with Gasteiger partial charge in [0, 0.05) is 20.3 Å². The Kier molecular flexibility index (Phi) is 5.98. The standard InChI is InChI=1S/C21H21IN2O2/c1-14-19(16-10-7-11-18(22-2)20(16)26-3)17(21(25)24-23-14)13-12-15-8-5-4-6-9-15/h4-11H,2,12-13H2,1,3H3,(H,24,25). The van der Waals surface area contributed by atoms with Crippen LogP contribution in [0.1, 0.15) is 16.8 Å². The van der Waals surface area contributed by atoms with Gasteiger partial charge in [-0.1, -0.05) is 67.7 Å². The Bertz CT molecular complexity index is 981. The van der Waals surface area contributed by atoms with Crippen LogP contribution in [-0.2, 0) is 12.8 Å². The highest BCUT2D eigenvalue weighted by Gasteiger charge is 2.18. The van der Waals surface area contributed by atoms with Crippen LogP contribution in [0.2, 0.25) is 0 Å². The SMILES string of the molecule is C=Ic1cccc(-c2c(C)n[nH]c(=O)c2CCc2ccccc2)c1OC. The van der Waals surface area contributed by atoms with Gasteiger partial charge >= 0.3 is 0 Å². The average molecular weight is 460 g/mol. The van der Waals surface area contributed by atoms with Gasteiger partial charge < -0.3 is 4.74 Å². The lowest BCUT2D eigenvalue weighted by atomic mass is 9.95. The first-order chi connectivity index (χ1) is 12.7. The summed E-state index contributed by atoms with van der Waals surface area (Å²) in [6.07, 6.45) is 1.44. The molecular formula is C21H21IN2O2. The van der Waals surface area contributed by atoms with E-state index in [0.29, 0.717) is 6.42 Å². The monoisotopic (exact) mass is 460 g/mol. The van der Waals surface area contributed by atoms with E-state index in [4.69, 9.17) is 4.74 Å². The fourth-order valence-electron chi connectivity index (χ4n) is 3.12. The third-order valence-corrected chi connectivity index (χ3v) is 6.02. The second-order valence-corrected chi connectivity index (χ2v) is 7.86. The lowest BCUT2D eigenvalue weighted by Gasteiger charge is -2.16. The molecular weight excluding hydrogens is 439 g/mol. The summed E-state index contributed by atoms with van der Waals surface area (Å²) < 4.78 is 10.9. The second kappa shape index (κ2) is 8.40. The molecule has 0 saturated heterocycles. The summed E-state index contributed by atoms with van der Waals surface area (Å²) in [6, 6.07) is 16.2. The van der Waals surface area contributed by atoms with Gasteiger partial charge in [-0.15, -0.1) is 0 Å². The molecule has 3 aromatic rings. The minimum absolute atomic E-state index is 0.140. The molecule has 5 heteroatoms. The third kappa shape index (κ3) is 3.77. The van der Waals surface area contributed by atoms with Crippen LogP contribution in [0.4, 0.5) is 0 Å². The summed E-state index contributed by atoms with van der Waals surface area (Å²) in [5.74, 6) is 0.812. The van der Waals surface area contributed by atoms with Crippen LogP contribution >= 0.6 is 20.7 Å². The van der Waals surface area contributed by atoms with Crippen molar-refractivity contribution < 1.29 is 4.74 Å². The maximum Gasteiger partial charge on any atom is 0.268 e. The number of hydrogen-bond donors (Lipinski definition) is 1. The van der Waals surface area contributed by atoms with Gasteiger partial charge in [0.05, 0.1) is 12.8 Å². The van der Waals surface area contributed by atoms with Crippen LogP contribution < -0.4 is 10.3 Å². The van der Waals surface area contributed by atoms with Crippen LogP contribution in [0.5, 0.6) is 5.75 Å². The summed E-state index contributed by atoms with van der Waals surface area (Å²) in [6.45, 7) is 1.92. The molecule has 1 N–H and O–H groups in total. The number of nitrogens with one attached hydrogen (secondary N) is 1. The first-order valence-electron chi connectivity index (χ1n) is 8.33. The molecule has 0 unspecified atom stereocenters. The molecule has 0 bridgehead atoms. The molecule has 0 amide bonds. The number of benzene rings is 2. The number of aromatic amines is 1. The highest BCUT2D eigenvalue weighted by molar-refractivity contribution is 14.2. The third-order valence-electron chi connectivity index (χ3n) is 4.35.